The molecule has 2 rings (SSSR count). The number of alkyl halides is 1. The van der Waals surface area contributed by atoms with Crippen LogP contribution in [0.4, 0.5) is 4.39 Å². The molecule has 2 amide bonds. The molecule has 3 atom stereocenters. The Labute approximate surface area is 189 Å². The van der Waals surface area contributed by atoms with Crippen LogP contribution >= 0.6 is 0 Å². The van der Waals surface area contributed by atoms with Crippen molar-refractivity contribution in [2.75, 3.05) is 6.67 Å². The van der Waals surface area contributed by atoms with Crippen molar-refractivity contribution in [2.45, 2.75) is 85.4 Å². The highest BCUT2D eigenvalue weighted by Gasteiger charge is 2.42. The largest absolute Gasteiger partial charge is 0.507 e. The van der Waals surface area contributed by atoms with Crippen LogP contribution in [0, 0.1) is 26.7 Å². The van der Waals surface area contributed by atoms with Crippen LogP contribution in [0.25, 0.3) is 0 Å². The lowest BCUT2D eigenvalue weighted by Crippen LogP contribution is -2.59. The molecule has 1 heterocycles. The van der Waals surface area contributed by atoms with Crippen molar-refractivity contribution in [1.29, 1.82) is 0 Å². The van der Waals surface area contributed by atoms with Crippen molar-refractivity contribution < 1.29 is 28.6 Å². The molecule has 0 radical (unpaired) electrons. The third-order valence-corrected chi connectivity index (χ3v) is 6.48. The van der Waals surface area contributed by atoms with E-state index in [1.165, 1.54) is 0 Å². The molecule has 0 spiro atoms. The number of aromatic hydroxyl groups is 1. The van der Waals surface area contributed by atoms with Gasteiger partial charge in [-0.1, -0.05) is 20.8 Å². The van der Waals surface area contributed by atoms with Crippen LogP contribution in [-0.4, -0.2) is 47.1 Å². The van der Waals surface area contributed by atoms with Crippen molar-refractivity contribution in [2.24, 2.45) is 5.92 Å². The molecule has 0 aromatic heterocycles. The number of carbonyl (C=O) groups is 3. The van der Waals surface area contributed by atoms with Gasteiger partial charge in [-0.2, -0.15) is 0 Å². The summed E-state index contributed by atoms with van der Waals surface area (Å²) >= 11 is 0. The minimum Gasteiger partial charge on any atom is -0.507 e. The molecule has 0 bridgehead atoms. The molecule has 3 N–H and O–H groups in total. The van der Waals surface area contributed by atoms with Crippen LogP contribution in [0.5, 0.6) is 11.5 Å². The minimum absolute atomic E-state index is 0.239. The molecular weight excluding hydrogens is 415 g/mol. The second kappa shape index (κ2) is 9.88. The highest BCUT2D eigenvalue weighted by Crippen LogP contribution is 2.43. The molecule has 0 aliphatic carbocycles. The molecule has 178 valence electrons. The van der Waals surface area contributed by atoms with Gasteiger partial charge in [-0.3, -0.25) is 14.4 Å². The quantitative estimate of drug-likeness (QED) is 0.565. The van der Waals surface area contributed by atoms with Crippen LogP contribution in [0.1, 0.15) is 62.8 Å². The average Bonchev–Trinajstić information content (AvgIpc) is 2.76. The van der Waals surface area contributed by atoms with Gasteiger partial charge in [0.2, 0.25) is 5.91 Å². The molecule has 1 unspecified atom stereocenters. The van der Waals surface area contributed by atoms with Crippen molar-refractivity contribution in [3.63, 3.8) is 0 Å². The molecular formula is C24H35FN2O5. The summed E-state index contributed by atoms with van der Waals surface area (Å²) in [4.78, 5) is 37.8. The van der Waals surface area contributed by atoms with E-state index in [0.717, 1.165) is 16.7 Å². The number of phenols is 1. The second-order valence-corrected chi connectivity index (χ2v) is 9.13. The summed E-state index contributed by atoms with van der Waals surface area (Å²) in [5, 5.41) is 15.7. The molecule has 1 aromatic carbocycles. The molecule has 7 nitrogen and oxygen atoms in total. The van der Waals surface area contributed by atoms with E-state index in [-0.39, 0.29) is 18.1 Å². The molecule has 0 fully saturated rings. The Hall–Kier alpha value is -2.64. The number of nitrogens with one attached hydrogen (secondary N) is 2. The van der Waals surface area contributed by atoms with E-state index < -0.39 is 42.0 Å². The van der Waals surface area contributed by atoms with E-state index in [2.05, 4.69) is 10.6 Å². The zero-order valence-electron chi connectivity index (χ0n) is 20.0. The van der Waals surface area contributed by atoms with Gasteiger partial charge in [-0.15, -0.1) is 0 Å². The summed E-state index contributed by atoms with van der Waals surface area (Å²) in [6, 6.07) is -1.84. The molecule has 8 heteroatoms. The highest BCUT2D eigenvalue weighted by molar-refractivity contribution is 5.95. The number of rotatable bonds is 8. The fourth-order valence-corrected chi connectivity index (χ4v) is 4.00. The van der Waals surface area contributed by atoms with Crippen molar-refractivity contribution in [3.05, 3.63) is 22.3 Å². The zero-order chi connectivity index (χ0) is 24.4. The molecule has 1 aliphatic rings. The van der Waals surface area contributed by atoms with Gasteiger partial charge in [0, 0.05) is 12.0 Å². The maximum absolute atomic E-state index is 13.2. The number of ketones is 1. The summed E-state index contributed by atoms with van der Waals surface area (Å²) in [7, 11) is 0. The Morgan fingerprint density at radius 2 is 1.75 bits per heavy atom. The first-order valence-electron chi connectivity index (χ1n) is 11.1. The van der Waals surface area contributed by atoms with Crippen LogP contribution in [0.15, 0.2) is 0 Å². The molecule has 32 heavy (non-hydrogen) atoms. The Balaban J connectivity index is 2.24. The van der Waals surface area contributed by atoms with Crippen molar-refractivity contribution in [1.82, 2.24) is 10.6 Å². The van der Waals surface area contributed by atoms with Crippen LogP contribution < -0.4 is 15.4 Å². The van der Waals surface area contributed by atoms with Crippen LogP contribution in [0.2, 0.25) is 0 Å². The third kappa shape index (κ3) is 4.89. The Morgan fingerprint density at radius 1 is 1.12 bits per heavy atom. The van der Waals surface area contributed by atoms with E-state index in [9.17, 15) is 23.9 Å². The topological polar surface area (TPSA) is 105 Å². The molecule has 0 saturated heterocycles. The lowest BCUT2D eigenvalue weighted by Gasteiger charge is -2.38. The van der Waals surface area contributed by atoms with E-state index >= 15 is 0 Å². The van der Waals surface area contributed by atoms with Gasteiger partial charge in [0.05, 0.1) is 6.04 Å². The summed E-state index contributed by atoms with van der Waals surface area (Å²) in [6.45, 7) is 11.2. The number of amides is 2. The van der Waals surface area contributed by atoms with E-state index in [1.807, 2.05) is 13.8 Å². The Morgan fingerprint density at radius 3 is 2.28 bits per heavy atom. The zero-order valence-corrected chi connectivity index (χ0v) is 20.0. The van der Waals surface area contributed by atoms with E-state index in [4.69, 9.17) is 4.74 Å². The number of ether oxygens (including phenoxy) is 1. The maximum Gasteiger partial charge on any atom is 0.264 e. The Kier molecular flexibility index (Phi) is 7.91. The van der Waals surface area contributed by atoms with E-state index in [1.54, 1.807) is 34.6 Å². The van der Waals surface area contributed by atoms with Gasteiger partial charge in [0.15, 0.2) is 11.4 Å². The summed E-state index contributed by atoms with van der Waals surface area (Å²) < 4.78 is 19.0. The first kappa shape index (κ1) is 25.6. The number of Topliss-reactive ketones (excluding diaryl/α,β-unsaturated/α-hetero) is 1. The van der Waals surface area contributed by atoms with Gasteiger partial charge in [-0.25, -0.2) is 4.39 Å². The van der Waals surface area contributed by atoms with Gasteiger partial charge < -0.3 is 20.5 Å². The SMILES string of the molecule is CCC(NC(=O)[C@@H](NC(=O)[C@]1(C)CCc2c(C)c(O)c(C)c(C)c2O1)C(C)C)C(=O)CF. The number of hydrogen-bond acceptors (Lipinski definition) is 5. The first-order valence-corrected chi connectivity index (χ1v) is 11.1. The summed E-state index contributed by atoms with van der Waals surface area (Å²) in [5.41, 5.74) is 1.89. The van der Waals surface area contributed by atoms with Gasteiger partial charge >= 0.3 is 0 Å². The summed E-state index contributed by atoms with van der Waals surface area (Å²) in [6.07, 6.45) is 1.18. The van der Waals surface area contributed by atoms with Gasteiger partial charge in [-0.05, 0) is 63.1 Å². The molecule has 0 saturated carbocycles. The number of phenolic OH excluding ortho intramolecular Hbond substituents is 1. The second-order valence-electron chi connectivity index (χ2n) is 9.13. The minimum atomic E-state index is -1.21. The monoisotopic (exact) mass is 450 g/mol. The lowest BCUT2D eigenvalue weighted by atomic mass is 9.86. The average molecular weight is 451 g/mol. The van der Waals surface area contributed by atoms with Crippen LogP contribution in [0.3, 0.4) is 0 Å². The van der Waals surface area contributed by atoms with Crippen molar-refractivity contribution in [3.8, 4) is 11.5 Å². The maximum atomic E-state index is 13.2. The number of halogens is 1. The fraction of sp³-hybridized carbons (Fsp3) is 0.625. The molecule has 1 aliphatic heterocycles. The number of carbonyl (C=O) groups excluding carboxylic acids is 3. The number of hydrogen-bond donors (Lipinski definition) is 3. The van der Waals surface area contributed by atoms with Gasteiger partial charge in [0.1, 0.15) is 24.2 Å². The number of fused-ring (bicyclic) bond motifs is 1. The third-order valence-electron chi connectivity index (χ3n) is 6.48. The highest BCUT2D eigenvalue weighted by atomic mass is 19.1. The number of benzene rings is 1. The Bertz CT molecular complexity index is 914. The predicted molar refractivity (Wildman–Crippen MR) is 120 cm³/mol. The fourth-order valence-electron chi connectivity index (χ4n) is 4.00. The summed E-state index contributed by atoms with van der Waals surface area (Å²) in [5.74, 6) is -1.10. The normalized spacial score (nSPS) is 19.5. The van der Waals surface area contributed by atoms with Gasteiger partial charge in [0.25, 0.3) is 5.91 Å². The lowest BCUT2D eigenvalue weighted by molar-refractivity contribution is -0.141. The first-order chi connectivity index (χ1) is 14.9. The van der Waals surface area contributed by atoms with Crippen molar-refractivity contribution >= 4 is 17.6 Å². The smallest absolute Gasteiger partial charge is 0.264 e. The standard InChI is InChI=1S/C24H35FN2O5/c1-8-17(18(28)11-25)26-22(30)19(12(2)3)27-23(31)24(7)10-9-16-15(6)20(29)13(4)14(5)21(16)32-24/h12,17,19,29H,8-11H2,1-7H3,(H,26,30)(H,27,31)/t17?,19-,24-/m0/s1. The van der Waals surface area contributed by atoms with Crippen LogP contribution in [-0.2, 0) is 20.8 Å². The molecule has 1 aromatic rings. The van der Waals surface area contributed by atoms with E-state index in [0.29, 0.717) is 24.2 Å². The predicted octanol–water partition coefficient (Wildman–Crippen LogP) is 2.98.